The second-order valence-corrected chi connectivity index (χ2v) is 5.98. The molecule has 20 heavy (non-hydrogen) atoms. The van der Waals surface area contributed by atoms with Gasteiger partial charge >= 0.3 is 0 Å². The van der Waals surface area contributed by atoms with Gasteiger partial charge in [0.1, 0.15) is 0 Å². The van der Waals surface area contributed by atoms with E-state index < -0.39 is 0 Å². The van der Waals surface area contributed by atoms with Crippen molar-refractivity contribution in [2.75, 3.05) is 25.0 Å². The lowest BCUT2D eigenvalue weighted by Crippen LogP contribution is -2.42. The second-order valence-electron chi connectivity index (χ2n) is 5.12. The van der Waals surface area contributed by atoms with Crippen molar-refractivity contribution in [1.29, 1.82) is 0 Å². The fourth-order valence-corrected chi connectivity index (χ4v) is 3.23. The molecule has 1 aromatic carbocycles. The van der Waals surface area contributed by atoms with Crippen molar-refractivity contribution in [3.8, 4) is 0 Å². The zero-order chi connectivity index (χ0) is 14.7. The Labute approximate surface area is 127 Å². The summed E-state index contributed by atoms with van der Waals surface area (Å²) in [5.41, 5.74) is 1.74. The normalized spacial score (nSPS) is 18.8. The summed E-state index contributed by atoms with van der Waals surface area (Å²) in [7, 11) is 1.68. The fourth-order valence-electron chi connectivity index (χ4n) is 2.60. The molecule has 5 heteroatoms. The molecule has 0 radical (unpaired) electrons. The standard InChI is InChI=1S/C15H19BrN2O2/c1-10(19)11-5-6-14(13(16)8-11)18-7-3-4-12(9-18)15(20)17-2/h5-6,8,12H,3-4,7,9H2,1-2H3,(H,17,20). The highest BCUT2D eigenvalue weighted by atomic mass is 79.9. The van der Waals surface area contributed by atoms with Crippen molar-refractivity contribution in [3.63, 3.8) is 0 Å². The second kappa shape index (κ2) is 6.39. The minimum atomic E-state index is 0.0353. The van der Waals surface area contributed by atoms with Crippen LogP contribution in [0.4, 0.5) is 5.69 Å². The van der Waals surface area contributed by atoms with Crippen LogP contribution in [0.3, 0.4) is 0 Å². The van der Waals surface area contributed by atoms with Crippen LogP contribution in [0.1, 0.15) is 30.1 Å². The number of carbonyl (C=O) groups is 2. The number of nitrogens with zero attached hydrogens (tertiary/aromatic N) is 1. The van der Waals surface area contributed by atoms with Crippen molar-refractivity contribution in [2.45, 2.75) is 19.8 Å². The van der Waals surface area contributed by atoms with E-state index in [4.69, 9.17) is 0 Å². The summed E-state index contributed by atoms with van der Waals surface area (Å²) in [6.45, 7) is 3.22. The average molecular weight is 339 g/mol. The lowest BCUT2D eigenvalue weighted by atomic mass is 9.96. The number of hydrogen-bond acceptors (Lipinski definition) is 3. The molecule has 0 aromatic heterocycles. The average Bonchev–Trinajstić information content (AvgIpc) is 2.46. The van der Waals surface area contributed by atoms with Crippen LogP contribution in [0.15, 0.2) is 22.7 Å². The molecule has 1 fully saturated rings. The van der Waals surface area contributed by atoms with Gasteiger partial charge in [-0.1, -0.05) is 0 Å². The van der Waals surface area contributed by atoms with E-state index >= 15 is 0 Å². The number of Topliss-reactive ketones (excluding diaryl/α,β-unsaturated/α-hetero) is 1. The van der Waals surface area contributed by atoms with Gasteiger partial charge in [-0.25, -0.2) is 0 Å². The van der Waals surface area contributed by atoms with E-state index in [1.165, 1.54) is 0 Å². The van der Waals surface area contributed by atoms with Crippen molar-refractivity contribution in [3.05, 3.63) is 28.2 Å². The summed E-state index contributed by atoms with van der Waals surface area (Å²) >= 11 is 3.53. The van der Waals surface area contributed by atoms with Crippen molar-refractivity contribution in [1.82, 2.24) is 5.32 Å². The van der Waals surface area contributed by atoms with Crippen LogP contribution in [0.25, 0.3) is 0 Å². The van der Waals surface area contributed by atoms with E-state index in [-0.39, 0.29) is 17.6 Å². The van der Waals surface area contributed by atoms with Crippen LogP contribution >= 0.6 is 15.9 Å². The Bertz CT molecular complexity index is 531. The molecule has 1 atom stereocenters. The molecule has 0 saturated carbocycles. The summed E-state index contributed by atoms with van der Waals surface area (Å²) in [6, 6.07) is 5.64. The van der Waals surface area contributed by atoms with E-state index in [0.717, 1.165) is 36.1 Å². The highest BCUT2D eigenvalue weighted by molar-refractivity contribution is 9.10. The minimum Gasteiger partial charge on any atom is -0.370 e. The molecular weight excluding hydrogens is 320 g/mol. The predicted molar refractivity (Wildman–Crippen MR) is 83.2 cm³/mol. The number of hydrogen-bond donors (Lipinski definition) is 1. The quantitative estimate of drug-likeness (QED) is 0.862. The maximum Gasteiger partial charge on any atom is 0.224 e. The molecule has 1 heterocycles. The van der Waals surface area contributed by atoms with Crippen LogP contribution in [-0.4, -0.2) is 31.8 Å². The van der Waals surface area contributed by atoms with E-state index in [2.05, 4.69) is 26.1 Å². The Morgan fingerprint density at radius 3 is 2.75 bits per heavy atom. The Morgan fingerprint density at radius 1 is 1.40 bits per heavy atom. The van der Waals surface area contributed by atoms with E-state index in [1.807, 2.05) is 18.2 Å². The van der Waals surface area contributed by atoms with E-state index in [0.29, 0.717) is 5.56 Å². The van der Waals surface area contributed by atoms with Gasteiger partial charge in [0.25, 0.3) is 0 Å². The number of amides is 1. The molecule has 1 N–H and O–H groups in total. The number of anilines is 1. The molecule has 2 rings (SSSR count). The third-order valence-electron chi connectivity index (χ3n) is 3.73. The molecular formula is C15H19BrN2O2. The molecule has 0 aliphatic carbocycles. The minimum absolute atomic E-state index is 0.0353. The summed E-state index contributed by atoms with van der Waals surface area (Å²) in [5.74, 6) is 0.193. The van der Waals surface area contributed by atoms with Crippen molar-refractivity contribution >= 4 is 33.3 Å². The zero-order valence-electron chi connectivity index (χ0n) is 11.8. The summed E-state index contributed by atoms with van der Waals surface area (Å²) < 4.78 is 0.905. The number of carbonyl (C=O) groups excluding carboxylic acids is 2. The van der Waals surface area contributed by atoms with Crippen LogP contribution in [-0.2, 0) is 4.79 Å². The smallest absolute Gasteiger partial charge is 0.224 e. The maximum absolute atomic E-state index is 11.8. The maximum atomic E-state index is 11.8. The van der Waals surface area contributed by atoms with Gasteiger partial charge in [-0.2, -0.15) is 0 Å². The van der Waals surface area contributed by atoms with Gasteiger partial charge in [0.15, 0.2) is 5.78 Å². The van der Waals surface area contributed by atoms with Crippen LogP contribution in [0.2, 0.25) is 0 Å². The molecule has 1 aliphatic heterocycles. The molecule has 1 aromatic rings. The van der Waals surface area contributed by atoms with Gasteiger partial charge in [-0.3, -0.25) is 9.59 Å². The number of nitrogens with one attached hydrogen (secondary N) is 1. The number of rotatable bonds is 3. The molecule has 1 aliphatic rings. The van der Waals surface area contributed by atoms with Gasteiger partial charge < -0.3 is 10.2 Å². The summed E-state index contributed by atoms with van der Waals surface area (Å²) in [4.78, 5) is 25.4. The molecule has 4 nitrogen and oxygen atoms in total. The molecule has 1 amide bonds. The fraction of sp³-hybridized carbons (Fsp3) is 0.467. The topological polar surface area (TPSA) is 49.4 Å². The molecule has 0 spiro atoms. The van der Waals surface area contributed by atoms with Crippen LogP contribution in [0, 0.1) is 5.92 Å². The van der Waals surface area contributed by atoms with Crippen molar-refractivity contribution < 1.29 is 9.59 Å². The van der Waals surface area contributed by atoms with Crippen molar-refractivity contribution in [2.24, 2.45) is 5.92 Å². The van der Waals surface area contributed by atoms with Gasteiger partial charge in [0.2, 0.25) is 5.91 Å². The highest BCUT2D eigenvalue weighted by Crippen LogP contribution is 2.31. The SMILES string of the molecule is CNC(=O)C1CCCN(c2ccc(C(C)=O)cc2Br)C1. The lowest BCUT2D eigenvalue weighted by molar-refractivity contribution is -0.124. The Morgan fingerprint density at radius 2 is 2.15 bits per heavy atom. The van der Waals surface area contributed by atoms with E-state index in [1.54, 1.807) is 14.0 Å². The first-order valence-corrected chi connectivity index (χ1v) is 7.59. The van der Waals surface area contributed by atoms with Gasteiger partial charge in [0.05, 0.1) is 11.6 Å². The highest BCUT2D eigenvalue weighted by Gasteiger charge is 2.26. The van der Waals surface area contributed by atoms with Gasteiger partial charge in [0, 0.05) is 30.2 Å². The first-order valence-electron chi connectivity index (χ1n) is 6.80. The number of halogens is 1. The third kappa shape index (κ3) is 3.20. The largest absolute Gasteiger partial charge is 0.370 e. The van der Waals surface area contributed by atoms with Crippen LogP contribution < -0.4 is 10.2 Å². The number of ketones is 1. The third-order valence-corrected chi connectivity index (χ3v) is 4.37. The molecule has 1 saturated heterocycles. The predicted octanol–water partition coefficient (Wildman–Crippen LogP) is 2.61. The van der Waals surface area contributed by atoms with Crippen LogP contribution in [0.5, 0.6) is 0 Å². The Balaban J connectivity index is 2.19. The lowest BCUT2D eigenvalue weighted by Gasteiger charge is -2.34. The first kappa shape index (κ1) is 15.0. The molecule has 0 bridgehead atoms. The summed E-state index contributed by atoms with van der Waals surface area (Å²) in [5, 5.41) is 2.72. The van der Waals surface area contributed by atoms with E-state index in [9.17, 15) is 9.59 Å². The number of benzene rings is 1. The summed E-state index contributed by atoms with van der Waals surface area (Å²) in [6.07, 6.45) is 1.93. The zero-order valence-corrected chi connectivity index (χ0v) is 13.4. The van der Waals surface area contributed by atoms with Gasteiger partial charge in [-0.15, -0.1) is 0 Å². The Kier molecular flexibility index (Phi) is 4.81. The number of piperidine rings is 1. The Hall–Kier alpha value is -1.36. The monoisotopic (exact) mass is 338 g/mol. The molecule has 1 unspecified atom stereocenters. The van der Waals surface area contributed by atoms with Gasteiger partial charge in [-0.05, 0) is 53.9 Å². The molecule has 108 valence electrons. The first-order chi connectivity index (χ1) is 9.52.